The summed E-state index contributed by atoms with van der Waals surface area (Å²) in [7, 11) is 0. The number of carbonyl (C=O) groups excluding carboxylic acids is 1. The Morgan fingerprint density at radius 2 is 2.08 bits per heavy atom. The van der Waals surface area contributed by atoms with Gasteiger partial charge in [0.1, 0.15) is 0 Å². The van der Waals surface area contributed by atoms with E-state index in [2.05, 4.69) is 43.3 Å². The normalized spacial score (nSPS) is 16.2. The monoisotopic (exact) mass is 329 g/mol. The quantitative estimate of drug-likeness (QED) is 0.538. The molecule has 1 amide bonds. The summed E-state index contributed by atoms with van der Waals surface area (Å²) in [6.07, 6.45) is 1.79. The van der Waals surface area contributed by atoms with E-state index in [-0.39, 0.29) is 17.6 Å². The average Bonchev–Trinajstić information content (AvgIpc) is 3.16. The molecule has 1 aromatic carbocycles. The van der Waals surface area contributed by atoms with Gasteiger partial charge in [-0.05, 0) is 29.5 Å². The highest BCUT2D eigenvalue weighted by Gasteiger charge is 2.26. The summed E-state index contributed by atoms with van der Waals surface area (Å²) >= 11 is 0. The van der Waals surface area contributed by atoms with Gasteiger partial charge in [-0.15, -0.1) is 5.10 Å². The van der Waals surface area contributed by atoms with E-state index < -0.39 is 6.61 Å². The van der Waals surface area contributed by atoms with E-state index in [9.17, 15) is 9.90 Å². The van der Waals surface area contributed by atoms with E-state index in [1.165, 1.54) is 5.56 Å². The van der Waals surface area contributed by atoms with Crippen LogP contribution in [0, 0.1) is 0 Å². The van der Waals surface area contributed by atoms with Crippen LogP contribution in [-0.4, -0.2) is 61.9 Å². The number of carbonyl (C=O) groups is 1. The van der Waals surface area contributed by atoms with Crippen LogP contribution >= 0.6 is 0 Å². The SMILES string of the molecule is O=C(/C(CO)=N/Nc1nn[nH]n1)N1CCC(c2ccccc2)CC1. The lowest BCUT2D eigenvalue weighted by atomic mass is 9.89. The molecule has 0 saturated carbocycles. The summed E-state index contributed by atoms with van der Waals surface area (Å²) in [6.45, 7) is 0.821. The molecule has 24 heavy (non-hydrogen) atoms. The zero-order valence-corrected chi connectivity index (χ0v) is 13.1. The molecule has 3 rings (SSSR count). The highest BCUT2D eigenvalue weighted by Crippen LogP contribution is 2.27. The molecule has 0 aliphatic carbocycles. The molecular weight excluding hydrogens is 310 g/mol. The number of nitrogens with zero attached hydrogens (tertiary/aromatic N) is 5. The Morgan fingerprint density at radius 1 is 1.33 bits per heavy atom. The Balaban J connectivity index is 1.58. The average molecular weight is 329 g/mol. The summed E-state index contributed by atoms with van der Waals surface area (Å²) in [6, 6.07) is 10.3. The van der Waals surface area contributed by atoms with E-state index in [0.717, 1.165) is 12.8 Å². The first-order valence-electron chi connectivity index (χ1n) is 7.79. The van der Waals surface area contributed by atoms with Crippen molar-refractivity contribution in [2.24, 2.45) is 5.10 Å². The van der Waals surface area contributed by atoms with E-state index in [1.54, 1.807) is 4.90 Å². The second kappa shape index (κ2) is 7.64. The largest absolute Gasteiger partial charge is 0.390 e. The third-order valence-corrected chi connectivity index (χ3v) is 4.09. The predicted molar refractivity (Wildman–Crippen MR) is 87.3 cm³/mol. The number of likely N-dealkylation sites (tertiary alicyclic amines) is 1. The predicted octanol–water partition coefficient (Wildman–Crippen LogP) is 0.366. The minimum absolute atomic E-state index is 0.0259. The minimum atomic E-state index is -0.456. The van der Waals surface area contributed by atoms with Gasteiger partial charge in [0, 0.05) is 13.1 Å². The topological polar surface area (TPSA) is 119 Å². The number of aliphatic hydroxyl groups excluding tert-OH is 1. The summed E-state index contributed by atoms with van der Waals surface area (Å²) in [5.41, 5.74) is 3.83. The molecular formula is C15H19N7O2. The summed E-state index contributed by atoms with van der Waals surface area (Å²) in [4.78, 5) is 14.2. The molecule has 9 nitrogen and oxygen atoms in total. The van der Waals surface area contributed by atoms with Crippen LogP contribution in [0.5, 0.6) is 0 Å². The van der Waals surface area contributed by atoms with Crippen molar-refractivity contribution in [2.75, 3.05) is 25.1 Å². The van der Waals surface area contributed by atoms with Crippen LogP contribution in [0.1, 0.15) is 24.3 Å². The van der Waals surface area contributed by atoms with Gasteiger partial charge >= 0.3 is 0 Å². The zero-order valence-electron chi connectivity index (χ0n) is 13.1. The second-order valence-corrected chi connectivity index (χ2v) is 5.54. The fourth-order valence-electron chi connectivity index (χ4n) is 2.80. The highest BCUT2D eigenvalue weighted by atomic mass is 16.3. The number of aliphatic hydroxyl groups is 1. The summed E-state index contributed by atoms with van der Waals surface area (Å²) in [5, 5.41) is 26.2. The number of H-pyrrole nitrogens is 1. The maximum absolute atomic E-state index is 12.5. The lowest BCUT2D eigenvalue weighted by Crippen LogP contribution is -2.43. The first-order valence-corrected chi connectivity index (χ1v) is 7.79. The number of benzene rings is 1. The van der Waals surface area contributed by atoms with E-state index in [0.29, 0.717) is 19.0 Å². The molecule has 1 aromatic heterocycles. The van der Waals surface area contributed by atoms with Gasteiger partial charge in [-0.2, -0.15) is 10.3 Å². The Bertz CT molecular complexity index is 679. The van der Waals surface area contributed by atoms with Crippen LogP contribution in [0.15, 0.2) is 35.4 Å². The summed E-state index contributed by atoms with van der Waals surface area (Å²) in [5.74, 6) is 0.318. The van der Waals surface area contributed by atoms with Crippen LogP contribution in [0.3, 0.4) is 0 Å². The van der Waals surface area contributed by atoms with Gasteiger partial charge in [0.2, 0.25) is 0 Å². The van der Waals surface area contributed by atoms with Crippen molar-refractivity contribution in [2.45, 2.75) is 18.8 Å². The Kier molecular flexibility index (Phi) is 5.12. The molecule has 0 unspecified atom stereocenters. The van der Waals surface area contributed by atoms with Crippen LogP contribution in [0.4, 0.5) is 5.95 Å². The molecule has 1 fully saturated rings. The second-order valence-electron chi connectivity index (χ2n) is 5.54. The van der Waals surface area contributed by atoms with Gasteiger partial charge in [-0.3, -0.25) is 4.79 Å². The fourth-order valence-corrected chi connectivity index (χ4v) is 2.80. The maximum atomic E-state index is 12.5. The number of anilines is 1. The highest BCUT2D eigenvalue weighted by molar-refractivity contribution is 6.39. The molecule has 126 valence electrons. The van der Waals surface area contributed by atoms with Gasteiger partial charge in [0.25, 0.3) is 11.9 Å². The summed E-state index contributed by atoms with van der Waals surface area (Å²) < 4.78 is 0. The van der Waals surface area contributed by atoms with Gasteiger partial charge in [0.15, 0.2) is 5.71 Å². The molecule has 0 radical (unpaired) electrons. The maximum Gasteiger partial charge on any atom is 0.283 e. The number of tetrazole rings is 1. The molecule has 2 aromatic rings. The molecule has 1 aliphatic heterocycles. The number of aromatic amines is 1. The van der Waals surface area contributed by atoms with Crippen molar-refractivity contribution in [3.63, 3.8) is 0 Å². The zero-order chi connectivity index (χ0) is 16.8. The molecule has 2 heterocycles. The fraction of sp³-hybridized carbons (Fsp3) is 0.400. The van der Waals surface area contributed by atoms with E-state index >= 15 is 0 Å². The van der Waals surface area contributed by atoms with Crippen molar-refractivity contribution < 1.29 is 9.90 Å². The Labute approximate surface area is 138 Å². The van der Waals surface area contributed by atoms with Crippen molar-refractivity contribution >= 4 is 17.6 Å². The molecule has 0 spiro atoms. The number of piperidine rings is 1. The smallest absolute Gasteiger partial charge is 0.283 e. The molecule has 9 heteroatoms. The van der Waals surface area contributed by atoms with Gasteiger partial charge in [-0.1, -0.05) is 35.4 Å². The van der Waals surface area contributed by atoms with Crippen molar-refractivity contribution in [1.82, 2.24) is 25.5 Å². The van der Waals surface area contributed by atoms with Crippen LogP contribution in [0.25, 0.3) is 0 Å². The molecule has 1 aliphatic rings. The number of hydrogen-bond donors (Lipinski definition) is 3. The van der Waals surface area contributed by atoms with Gasteiger partial charge in [-0.25, -0.2) is 5.43 Å². The number of amides is 1. The van der Waals surface area contributed by atoms with Crippen LogP contribution in [0.2, 0.25) is 0 Å². The van der Waals surface area contributed by atoms with Gasteiger partial charge in [0.05, 0.1) is 6.61 Å². The molecule has 3 N–H and O–H groups in total. The number of rotatable bonds is 5. The third kappa shape index (κ3) is 3.74. The first kappa shape index (κ1) is 16.1. The number of nitrogens with one attached hydrogen (secondary N) is 2. The minimum Gasteiger partial charge on any atom is -0.390 e. The van der Waals surface area contributed by atoms with Crippen molar-refractivity contribution in [3.05, 3.63) is 35.9 Å². The Hall–Kier alpha value is -2.81. The van der Waals surface area contributed by atoms with E-state index in [1.807, 2.05) is 18.2 Å². The number of hydrogen-bond acceptors (Lipinski definition) is 7. The lowest BCUT2D eigenvalue weighted by Gasteiger charge is -2.32. The number of aromatic nitrogens is 4. The number of hydrazone groups is 1. The van der Waals surface area contributed by atoms with Crippen molar-refractivity contribution in [3.8, 4) is 0 Å². The lowest BCUT2D eigenvalue weighted by molar-refractivity contribution is -0.125. The van der Waals surface area contributed by atoms with Crippen molar-refractivity contribution in [1.29, 1.82) is 0 Å². The molecule has 1 saturated heterocycles. The Morgan fingerprint density at radius 3 is 2.71 bits per heavy atom. The first-order chi connectivity index (χ1) is 11.8. The van der Waals surface area contributed by atoms with Crippen LogP contribution < -0.4 is 5.43 Å². The standard InChI is InChI=1S/C15H19N7O2/c23-10-13(16-17-15-18-20-21-19-15)14(24)22-8-6-12(7-9-22)11-4-2-1-3-5-11/h1-5,12,23H,6-10H2,(H2,17,18,19,20,21)/b16-13+. The van der Waals surface area contributed by atoms with Gasteiger partial charge < -0.3 is 10.0 Å². The third-order valence-electron chi connectivity index (χ3n) is 4.09. The van der Waals surface area contributed by atoms with E-state index in [4.69, 9.17) is 0 Å². The molecule has 0 atom stereocenters. The van der Waals surface area contributed by atoms with Crippen LogP contribution in [-0.2, 0) is 4.79 Å². The molecule has 0 bridgehead atoms.